The second-order valence-corrected chi connectivity index (χ2v) is 3.04. The molecule has 4 atom stereocenters. The molecule has 2 N–H and O–H groups in total. The summed E-state index contributed by atoms with van der Waals surface area (Å²) in [5.41, 5.74) is 0. The van der Waals surface area contributed by atoms with Crippen LogP contribution in [0.15, 0.2) is 0 Å². The molecule has 4 unspecified atom stereocenters. The second-order valence-electron chi connectivity index (χ2n) is 3.04. The number of hydrogen-bond donors (Lipinski definition) is 2. The topological polar surface area (TPSA) is 85.2 Å². The lowest BCUT2D eigenvalue weighted by molar-refractivity contribution is -0.139. The van der Waals surface area contributed by atoms with E-state index in [1.54, 1.807) is 0 Å². The van der Waals surface area contributed by atoms with Gasteiger partial charge in [-0.1, -0.05) is 0 Å². The molecule has 0 aromatic rings. The van der Waals surface area contributed by atoms with Gasteiger partial charge in [0.2, 0.25) is 0 Å². The van der Waals surface area contributed by atoms with E-state index in [0.29, 0.717) is 13.0 Å². The Morgan fingerprint density at radius 2 is 2.31 bits per heavy atom. The lowest BCUT2D eigenvalue weighted by atomic mass is 10.1. The van der Waals surface area contributed by atoms with E-state index in [9.17, 15) is 9.90 Å². The third kappa shape index (κ3) is 1.48. The number of aliphatic hydroxyl groups is 1. The van der Waals surface area contributed by atoms with Crippen LogP contribution in [0.2, 0.25) is 0 Å². The normalized spacial score (nSPS) is 43.2. The molecule has 0 aromatic heterocycles. The Bertz CT molecular complexity index is 217. The zero-order chi connectivity index (χ0) is 9.42. The number of carboxylic acid groups (broad SMARTS) is 1. The molecule has 0 bridgehead atoms. The number of rotatable bonds is 1. The first-order chi connectivity index (χ1) is 6.18. The van der Waals surface area contributed by atoms with E-state index in [1.165, 1.54) is 0 Å². The molecule has 2 saturated heterocycles. The van der Waals surface area contributed by atoms with Crippen LogP contribution >= 0.6 is 0 Å². The fraction of sp³-hybridized carbons (Fsp3) is 0.857. The highest BCUT2D eigenvalue weighted by Gasteiger charge is 2.49. The summed E-state index contributed by atoms with van der Waals surface area (Å²) in [6.07, 6.45) is -3.56. The number of hydrogen-bond acceptors (Lipinski definition) is 5. The van der Waals surface area contributed by atoms with Crippen molar-refractivity contribution in [3.8, 4) is 0 Å². The molecule has 0 amide bonds. The minimum atomic E-state index is -1.43. The quantitative estimate of drug-likeness (QED) is 0.545. The van der Waals surface area contributed by atoms with Gasteiger partial charge in [0.15, 0.2) is 12.4 Å². The van der Waals surface area contributed by atoms with Gasteiger partial charge < -0.3 is 24.4 Å². The lowest BCUT2D eigenvalue weighted by Crippen LogP contribution is -2.36. The Hall–Kier alpha value is -0.850. The van der Waals surface area contributed by atoms with Crippen LogP contribution in [-0.2, 0) is 14.2 Å². The Morgan fingerprint density at radius 3 is 3.00 bits per heavy atom. The van der Waals surface area contributed by atoms with Crippen molar-refractivity contribution < 1.29 is 29.2 Å². The maximum absolute atomic E-state index is 10.2. The standard InChI is InChI=1S/C7H10O6/c8-6-5(13-7(9)10)4-3(12-6)1-2-11-4/h3-6,8H,1-2H2,(H,9,10). The number of ether oxygens (including phenoxy) is 3. The van der Waals surface area contributed by atoms with Gasteiger partial charge in [-0.15, -0.1) is 0 Å². The molecule has 0 spiro atoms. The first-order valence-corrected chi connectivity index (χ1v) is 4.03. The van der Waals surface area contributed by atoms with Crippen molar-refractivity contribution in [3.05, 3.63) is 0 Å². The van der Waals surface area contributed by atoms with Crippen LogP contribution in [0.3, 0.4) is 0 Å². The summed E-state index contributed by atoms with van der Waals surface area (Å²) in [5.74, 6) is 0. The van der Waals surface area contributed by atoms with Gasteiger partial charge >= 0.3 is 6.16 Å². The summed E-state index contributed by atoms with van der Waals surface area (Å²) in [4.78, 5) is 10.2. The molecule has 6 heteroatoms. The molecule has 0 radical (unpaired) electrons. The van der Waals surface area contributed by atoms with E-state index in [0.717, 1.165) is 0 Å². The maximum Gasteiger partial charge on any atom is 0.506 e. The van der Waals surface area contributed by atoms with Gasteiger partial charge in [-0.05, 0) is 6.42 Å². The predicted octanol–water partition coefficient (Wildman–Crippen LogP) is -0.444. The van der Waals surface area contributed by atoms with Gasteiger partial charge in [0.25, 0.3) is 0 Å². The number of aliphatic hydroxyl groups excluding tert-OH is 1. The van der Waals surface area contributed by atoms with E-state index < -0.39 is 24.7 Å². The van der Waals surface area contributed by atoms with Crippen molar-refractivity contribution in [2.75, 3.05) is 6.61 Å². The van der Waals surface area contributed by atoms with Gasteiger partial charge in [0.05, 0.1) is 6.10 Å². The highest BCUT2D eigenvalue weighted by Crippen LogP contribution is 2.31. The molecular formula is C7H10O6. The van der Waals surface area contributed by atoms with Gasteiger partial charge in [-0.3, -0.25) is 0 Å². The van der Waals surface area contributed by atoms with Crippen molar-refractivity contribution in [1.82, 2.24) is 0 Å². The van der Waals surface area contributed by atoms with E-state index in [1.807, 2.05) is 0 Å². The summed E-state index contributed by atoms with van der Waals surface area (Å²) in [6, 6.07) is 0. The molecule has 2 aliphatic heterocycles. The first kappa shape index (κ1) is 8.74. The molecule has 13 heavy (non-hydrogen) atoms. The van der Waals surface area contributed by atoms with Crippen molar-refractivity contribution in [1.29, 1.82) is 0 Å². The number of fused-ring (bicyclic) bond motifs is 1. The average Bonchev–Trinajstić information content (AvgIpc) is 2.55. The summed E-state index contributed by atoms with van der Waals surface area (Å²) >= 11 is 0. The summed E-state index contributed by atoms with van der Waals surface area (Å²) in [5, 5.41) is 17.6. The van der Waals surface area contributed by atoms with Crippen LogP contribution in [0.25, 0.3) is 0 Å². The third-order valence-electron chi connectivity index (χ3n) is 2.24. The van der Waals surface area contributed by atoms with Crippen LogP contribution in [0.4, 0.5) is 4.79 Å². The number of carbonyl (C=O) groups is 1. The maximum atomic E-state index is 10.2. The van der Waals surface area contributed by atoms with Crippen molar-refractivity contribution in [3.63, 3.8) is 0 Å². The first-order valence-electron chi connectivity index (χ1n) is 4.03. The van der Waals surface area contributed by atoms with Crippen LogP contribution < -0.4 is 0 Å². The fourth-order valence-electron chi connectivity index (χ4n) is 1.70. The molecule has 2 rings (SSSR count). The minimum absolute atomic E-state index is 0.237. The molecule has 6 nitrogen and oxygen atoms in total. The molecule has 0 aromatic carbocycles. The van der Waals surface area contributed by atoms with E-state index in [4.69, 9.17) is 14.6 Å². The zero-order valence-electron chi connectivity index (χ0n) is 6.75. The van der Waals surface area contributed by atoms with E-state index >= 15 is 0 Å². The smallest absolute Gasteiger partial charge is 0.450 e. The molecule has 2 aliphatic rings. The second kappa shape index (κ2) is 3.13. The monoisotopic (exact) mass is 190 g/mol. The predicted molar refractivity (Wildman–Crippen MR) is 38.1 cm³/mol. The lowest BCUT2D eigenvalue weighted by Gasteiger charge is -2.16. The SMILES string of the molecule is O=C(O)OC1C(O)OC2CCOC21. The highest BCUT2D eigenvalue weighted by atomic mass is 16.7. The minimum Gasteiger partial charge on any atom is -0.450 e. The van der Waals surface area contributed by atoms with Crippen molar-refractivity contribution in [2.45, 2.75) is 31.0 Å². The van der Waals surface area contributed by atoms with Gasteiger partial charge in [-0.25, -0.2) is 4.79 Å². The molecule has 2 heterocycles. The van der Waals surface area contributed by atoms with Gasteiger partial charge in [-0.2, -0.15) is 0 Å². The fourth-order valence-corrected chi connectivity index (χ4v) is 1.70. The average molecular weight is 190 g/mol. The Balaban J connectivity index is 2.03. The van der Waals surface area contributed by atoms with Crippen LogP contribution in [0.5, 0.6) is 0 Å². The van der Waals surface area contributed by atoms with E-state index in [2.05, 4.69) is 4.74 Å². The molecular weight excluding hydrogens is 180 g/mol. The largest absolute Gasteiger partial charge is 0.506 e. The molecule has 74 valence electrons. The van der Waals surface area contributed by atoms with Gasteiger partial charge in [0.1, 0.15) is 6.10 Å². The van der Waals surface area contributed by atoms with Crippen LogP contribution in [-0.4, -0.2) is 47.6 Å². The van der Waals surface area contributed by atoms with Crippen LogP contribution in [0, 0.1) is 0 Å². The Morgan fingerprint density at radius 1 is 1.54 bits per heavy atom. The summed E-state index contributed by atoms with van der Waals surface area (Å²) < 4.78 is 14.7. The van der Waals surface area contributed by atoms with Crippen LogP contribution in [0.1, 0.15) is 6.42 Å². The highest BCUT2D eigenvalue weighted by molar-refractivity contribution is 5.57. The molecule has 0 aliphatic carbocycles. The molecule has 2 fully saturated rings. The zero-order valence-corrected chi connectivity index (χ0v) is 6.75. The molecule has 0 saturated carbocycles. The summed E-state index contributed by atoms with van der Waals surface area (Å²) in [6.45, 7) is 0.515. The van der Waals surface area contributed by atoms with Gasteiger partial charge in [0, 0.05) is 6.61 Å². The van der Waals surface area contributed by atoms with Crippen molar-refractivity contribution >= 4 is 6.16 Å². The Labute approximate surface area is 74.0 Å². The third-order valence-corrected chi connectivity index (χ3v) is 2.24. The summed E-state index contributed by atoms with van der Waals surface area (Å²) in [7, 11) is 0. The Kier molecular flexibility index (Phi) is 2.10. The van der Waals surface area contributed by atoms with Crippen molar-refractivity contribution in [2.24, 2.45) is 0 Å². The van der Waals surface area contributed by atoms with E-state index in [-0.39, 0.29) is 6.10 Å².